The van der Waals surface area contributed by atoms with Gasteiger partial charge in [0.2, 0.25) is 0 Å². The number of benzene rings is 1. The van der Waals surface area contributed by atoms with Crippen LogP contribution in [0.25, 0.3) is 10.9 Å². The first-order chi connectivity index (χ1) is 17.0. The fourth-order valence-corrected chi connectivity index (χ4v) is 6.20. The zero-order valence-electron chi connectivity index (χ0n) is 20.7. The van der Waals surface area contributed by atoms with E-state index in [2.05, 4.69) is 32.2 Å². The van der Waals surface area contributed by atoms with Crippen LogP contribution in [0.2, 0.25) is 0 Å². The van der Waals surface area contributed by atoms with Crippen LogP contribution in [0.3, 0.4) is 0 Å². The van der Waals surface area contributed by atoms with Gasteiger partial charge in [-0.1, -0.05) is 0 Å². The highest BCUT2D eigenvalue weighted by Gasteiger charge is 2.29. The van der Waals surface area contributed by atoms with Gasteiger partial charge in [0.25, 0.3) is 0 Å². The smallest absolute Gasteiger partial charge is 0.303 e. The van der Waals surface area contributed by atoms with Gasteiger partial charge in [-0.05, 0) is 87.2 Å². The maximum absolute atomic E-state index is 11.3. The van der Waals surface area contributed by atoms with Crippen molar-refractivity contribution in [3.63, 3.8) is 0 Å². The Bertz CT molecular complexity index is 1120. The number of nitrogens with one attached hydrogen (secondary N) is 1. The van der Waals surface area contributed by atoms with Crippen LogP contribution in [0.5, 0.6) is 5.75 Å². The maximum atomic E-state index is 11.3. The number of aromatic nitrogens is 3. The second kappa shape index (κ2) is 12.4. The molecular formula is C27H36N4O3S. The van der Waals surface area contributed by atoms with E-state index in [-0.39, 0.29) is 6.42 Å². The molecule has 188 valence electrons. The molecule has 3 aromatic rings. The Morgan fingerprint density at radius 1 is 1.29 bits per heavy atom. The highest BCUT2D eigenvalue weighted by molar-refractivity contribution is 7.99. The Labute approximate surface area is 211 Å². The quantitative estimate of drug-likeness (QED) is 0.333. The molecule has 1 aromatic carbocycles. The van der Waals surface area contributed by atoms with E-state index in [0.717, 1.165) is 79.8 Å². The number of methoxy groups -OCH3 is 1. The zero-order chi connectivity index (χ0) is 24.6. The van der Waals surface area contributed by atoms with Crippen LogP contribution in [-0.4, -0.2) is 63.7 Å². The van der Waals surface area contributed by atoms with Crippen molar-refractivity contribution in [1.29, 1.82) is 0 Å². The monoisotopic (exact) mass is 496 g/mol. The lowest BCUT2D eigenvalue weighted by atomic mass is 9.79. The molecule has 1 fully saturated rings. The average molecular weight is 497 g/mol. The third kappa shape index (κ3) is 6.98. The van der Waals surface area contributed by atoms with E-state index in [4.69, 9.17) is 4.74 Å². The summed E-state index contributed by atoms with van der Waals surface area (Å²) < 4.78 is 5.42. The highest BCUT2D eigenvalue weighted by Crippen LogP contribution is 2.33. The molecule has 1 aliphatic rings. The minimum absolute atomic E-state index is 0.257. The molecule has 7 nitrogen and oxygen atoms in total. The molecule has 0 spiro atoms. The number of carbonyl (C=O) groups is 1. The van der Waals surface area contributed by atoms with E-state index in [0.29, 0.717) is 11.8 Å². The zero-order valence-corrected chi connectivity index (χ0v) is 21.5. The molecule has 35 heavy (non-hydrogen) atoms. The number of likely N-dealkylation sites (tertiary alicyclic amines) is 1. The number of hydrogen-bond acceptors (Lipinski definition) is 6. The first-order valence-electron chi connectivity index (χ1n) is 12.5. The van der Waals surface area contributed by atoms with Crippen molar-refractivity contribution in [1.82, 2.24) is 20.1 Å². The van der Waals surface area contributed by atoms with Gasteiger partial charge in [0.1, 0.15) is 5.75 Å². The van der Waals surface area contributed by atoms with Crippen LogP contribution in [0.4, 0.5) is 0 Å². The van der Waals surface area contributed by atoms with E-state index < -0.39 is 5.97 Å². The third-order valence-electron chi connectivity index (χ3n) is 7.21. The Balaban J connectivity index is 1.32. The molecule has 2 unspecified atom stereocenters. The number of thioether (sulfide) groups is 1. The van der Waals surface area contributed by atoms with Crippen molar-refractivity contribution in [2.45, 2.75) is 50.3 Å². The summed E-state index contributed by atoms with van der Waals surface area (Å²) >= 11 is 1.84. The second-order valence-electron chi connectivity index (χ2n) is 9.47. The number of aliphatic carboxylic acids is 1. The standard InChI is InChI=1S/C27H36N4O3S/c1-19-26(17-29-30-19)35-15-14-31-13-11-20(22(18-31)6-9-27(32)33)4-3-5-21-10-12-28-25-8-7-23(34-2)16-24(21)25/h7-8,10,12,16-17,20,22H,3-6,9,11,13-15,18H2,1-2H3,(H,29,30)(H,32,33). The summed E-state index contributed by atoms with van der Waals surface area (Å²) in [7, 11) is 1.69. The lowest BCUT2D eigenvalue weighted by molar-refractivity contribution is -0.137. The fraction of sp³-hybridized carbons (Fsp3) is 0.519. The number of carboxylic acids is 1. The third-order valence-corrected chi connectivity index (χ3v) is 8.33. The van der Waals surface area contributed by atoms with Gasteiger partial charge in [-0.2, -0.15) is 5.10 Å². The van der Waals surface area contributed by atoms with E-state index in [1.807, 2.05) is 43.2 Å². The Kier molecular flexibility index (Phi) is 9.04. The Morgan fingerprint density at radius 3 is 2.94 bits per heavy atom. The number of nitrogens with zero attached hydrogens (tertiary/aromatic N) is 3. The van der Waals surface area contributed by atoms with E-state index in [1.165, 1.54) is 10.5 Å². The lowest BCUT2D eigenvalue weighted by Gasteiger charge is -2.39. The predicted molar refractivity (Wildman–Crippen MR) is 140 cm³/mol. The van der Waals surface area contributed by atoms with Gasteiger partial charge >= 0.3 is 5.97 Å². The van der Waals surface area contributed by atoms with Gasteiger partial charge in [0, 0.05) is 47.9 Å². The average Bonchev–Trinajstić information content (AvgIpc) is 3.28. The molecule has 0 saturated carbocycles. The van der Waals surface area contributed by atoms with Crippen molar-refractivity contribution in [3.8, 4) is 5.75 Å². The highest BCUT2D eigenvalue weighted by atomic mass is 32.2. The minimum atomic E-state index is -0.691. The number of piperidine rings is 1. The number of H-pyrrole nitrogens is 1. The fourth-order valence-electron chi connectivity index (χ4n) is 5.24. The molecule has 8 heteroatoms. The molecule has 4 rings (SSSR count). The van der Waals surface area contributed by atoms with Crippen LogP contribution in [0.1, 0.15) is 43.4 Å². The van der Waals surface area contributed by atoms with Crippen LogP contribution < -0.4 is 4.74 Å². The van der Waals surface area contributed by atoms with Gasteiger partial charge in [0.15, 0.2) is 0 Å². The molecule has 0 aliphatic carbocycles. The molecule has 3 heterocycles. The molecule has 0 bridgehead atoms. The molecule has 2 atom stereocenters. The number of carboxylic acid groups (broad SMARTS) is 1. The van der Waals surface area contributed by atoms with Crippen LogP contribution >= 0.6 is 11.8 Å². The van der Waals surface area contributed by atoms with Crippen molar-refractivity contribution in [3.05, 3.63) is 47.9 Å². The van der Waals surface area contributed by atoms with Gasteiger partial charge < -0.3 is 14.7 Å². The first-order valence-corrected chi connectivity index (χ1v) is 13.5. The number of aromatic amines is 1. The summed E-state index contributed by atoms with van der Waals surface area (Å²) in [6, 6.07) is 8.16. The molecule has 2 aromatic heterocycles. The Hall–Kier alpha value is -2.58. The number of fused-ring (bicyclic) bond motifs is 1. The normalized spacial score (nSPS) is 18.7. The predicted octanol–water partition coefficient (Wildman–Crippen LogP) is 5.19. The van der Waals surface area contributed by atoms with E-state index in [1.54, 1.807) is 7.11 Å². The number of hydrogen-bond donors (Lipinski definition) is 2. The van der Waals surface area contributed by atoms with Gasteiger partial charge in [-0.3, -0.25) is 14.9 Å². The largest absolute Gasteiger partial charge is 0.497 e. The second-order valence-corrected chi connectivity index (χ2v) is 10.6. The Morgan fingerprint density at radius 2 is 2.17 bits per heavy atom. The van der Waals surface area contributed by atoms with Crippen molar-refractivity contribution in [2.24, 2.45) is 11.8 Å². The molecule has 0 radical (unpaired) electrons. The van der Waals surface area contributed by atoms with Gasteiger partial charge in [-0.25, -0.2) is 0 Å². The molecular weight excluding hydrogens is 460 g/mol. The van der Waals surface area contributed by atoms with Gasteiger partial charge in [0.05, 0.1) is 18.3 Å². The molecule has 1 aliphatic heterocycles. The number of pyridine rings is 1. The van der Waals surface area contributed by atoms with Crippen molar-refractivity contribution >= 4 is 28.6 Å². The molecule has 0 amide bonds. The van der Waals surface area contributed by atoms with Gasteiger partial charge in [-0.15, -0.1) is 11.8 Å². The summed E-state index contributed by atoms with van der Waals surface area (Å²) in [5.74, 6) is 2.21. The number of rotatable bonds is 12. The van der Waals surface area contributed by atoms with Crippen LogP contribution in [-0.2, 0) is 11.2 Å². The summed E-state index contributed by atoms with van der Waals surface area (Å²) in [4.78, 5) is 19.5. The van der Waals surface area contributed by atoms with Crippen molar-refractivity contribution in [2.75, 3.05) is 32.5 Å². The van der Waals surface area contributed by atoms with Crippen LogP contribution in [0.15, 0.2) is 41.6 Å². The van der Waals surface area contributed by atoms with E-state index in [9.17, 15) is 9.90 Å². The van der Waals surface area contributed by atoms with E-state index >= 15 is 0 Å². The first kappa shape index (κ1) is 25.5. The summed E-state index contributed by atoms with van der Waals surface area (Å²) in [5, 5.41) is 17.6. The summed E-state index contributed by atoms with van der Waals surface area (Å²) in [6.45, 7) is 5.14. The maximum Gasteiger partial charge on any atom is 0.303 e. The SMILES string of the molecule is COc1ccc2nccc(CCCC3CCN(CCSc4c[nH]nc4C)CC3CCC(=O)O)c2c1. The molecule has 1 saturated heterocycles. The number of ether oxygens (including phenoxy) is 1. The summed E-state index contributed by atoms with van der Waals surface area (Å²) in [5.41, 5.74) is 3.35. The molecule has 2 N–H and O–H groups in total. The minimum Gasteiger partial charge on any atom is -0.497 e. The van der Waals surface area contributed by atoms with Crippen LogP contribution in [0, 0.1) is 18.8 Å². The lowest BCUT2D eigenvalue weighted by Crippen LogP contribution is -2.41. The summed E-state index contributed by atoms with van der Waals surface area (Å²) in [6.07, 6.45) is 9.25. The topological polar surface area (TPSA) is 91.3 Å². The van der Waals surface area contributed by atoms with Crippen molar-refractivity contribution < 1.29 is 14.6 Å². The number of aryl methyl sites for hydroxylation is 2.